The van der Waals surface area contributed by atoms with Crippen LogP contribution in [0.4, 0.5) is 8.78 Å². The van der Waals surface area contributed by atoms with Gasteiger partial charge in [0.25, 0.3) is 0 Å². The minimum Gasteiger partial charge on any atom is -0.497 e. The number of esters is 1. The molecule has 2 saturated carbocycles. The largest absolute Gasteiger partial charge is 0.497 e. The average Bonchev–Trinajstić information content (AvgIpc) is 3.68. The number of hydrogen-bond acceptors (Lipinski definition) is 3. The molecule has 182 valence electrons. The van der Waals surface area contributed by atoms with Crippen molar-refractivity contribution in [3.05, 3.63) is 71.0 Å². The van der Waals surface area contributed by atoms with E-state index in [-0.39, 0.29) is 17.7 Å². The highest BCUT2D eigenvalue weighted by molar-refractivity contribution is 5.80. The van der Waals surface area contributed by atoms with Gasteiger partial charge in [-0.25, -0.2) is 13.6 Å². The van der Waals surface area contributed by atoms with Gasteiger partial charge in [0.05, 0.1) is 14.2 Å². The second-order valence-corrected chi connectivity index (χ2v) is 9.91. The Morgan fingerprint density at radius 3 is 2.44 bits per heavy atom. The maximum Gasteiger partial charge on any atom is 0.343 e. The van der Waals surface area contributed by atoms with Gasteiger partial charge in [0.1, 0.15) is 11.6 Å². The first-order chi connectivity index (χ1) is 16.3. The lowest BCUT2D eigenvalue weighted by atomic mass is 9.78. The Bertz CT molecular complexity index is 1030. The predicted molar refractivity (Wildman–Crippen MR) is 130 cm³/mol. The summed E-state index contributed by atoms with van der Waals surface area (Å²) in [5, 5.41) is 0. The maximum absolute atomic E-state index is 15.5. The number of allylic oxidation sites excluding steroid dienone is 1. The Labute approximate surface area is 201 Å². The molecule has 2 aromatic rings. The molecule has 34 heavy (non-hydrogen) atoms. The second kappa shape index (κ2) is 10.3. The van der Waals surface area contributed by atoms with Gasteiger partial charge in [-0.15, -0.1) is 0 Å². The summed E-state index contributed by atoms with van der Waals surface area (Å²) in [6.45, 7) is 1.34. The highest BCUT2D eigenvalue weighted by Gasteiger charge is 2.50. The summed E-state index contributed by atoms with van der Waals surface area (Å²) < 4.78 is 39.8. The van der Waals surface area contributed by atoms with Gasteiger partial charge < -0.3 is 9.47 Å². The predicted octanol–water partition coefficient (Wildman–Crippen LogP) is 7.22. The summed E-state index contributed by atoms with van der Waals surface area (Å²) in [7, 11) is 2.84. The van der Waals surface area contributed by atoms with Crippen LogP contribution in [-0.2, 0) is 9.53 Å². The number of carbonyl (C=O) groups is 1. The molecule has 0 radical (unpaired) electrons. The molecule has 5 heteroatoms. The van der Waals surface area contributed by atoms with Crippen LogP contribution in [0.25, 0.3) is 6.08 Å². The molecule has 0 N–H and O–H groups in total. The third kappa shape index (κ3) is 5.34. The van der Waals surface area contributed by atoms with Gasteiger partial charge in [-0.05, 0) is 98.1 Å². The SMILES string of the molecule is COC(=O)C(C)(F)[C@H](c1cccc(/C=C/C2CCC(c3cc(OC)ccc3F)CC2)c1)C1CC1. The van der Waals surface area contributed by atoms with E-state index in [4.69, 9.17) is 9.47 Å². The van der Waals surface area contributed by atoms with Crippen molar-refractivity contribution in [3.63, 3.8) is 0 Å². The summed E-state index contributed by atoms with van der Waals surface area (Å²) in [5.41, 5.74) is 0.550. The van der Waals surface area contributed by atoms with E-state index in [2.05, 4.69) is 12.2 Å². The molecule has 0 aromatic heterocycles. The number of methoxy groups -OCH3 is 2. The van der Waals surface area contributed by atoms with E-state index in [9.17, 15) is 9.18 Å². The van der Waals surface area contributed by atoms with Gasteiger partial charge in [-0.3, -0.25) is 0 Å². The number of carbonyl (C=O) groups excluding carboxylic acids is 1. The van der Waals surface area contributed by atoms with E-state index in [0.29, 0.717) is 11.7 Å². The van der Waals surface area contributed by atoms with Crippen LogP contribution in [0.15, 0.2) is 48.5 Å². The van der Waals surface area contributed by atoms with Gasteiger partial charge in [-0.2, -0.15) is 0 Å². The Balaban J connectivity index is 1.42. The van der Waals surface area contributed by atoms with Crippen molar-refractivity contribution in [2.24, 2.45) is 11.8 Å². The molecule has 4 rings (SSSR count). The van der Waals surface area contributed by atoms with Gasteiger partial charge in [0, 0.05) is 5.92 Å². The average molecular weight is 469 g/mol. The van der Waals surface area contributed by atoms with E-state index in [1.54, 1.807) is 13.2 Å². The number of halogens is 2. The first-order valence-corrected chi connectivity index (χ1v) is 12.2. The minimum absolute atomic E-state index is 0.159. The summed E-state index contributed by atoms with van der Waals surface area (Å²) in [6, 6.07) is 12.8. The summed E-state index contributed by atoms with van der Waals surface area (Å²) in [6.07, 6.45) is 10.0. The smallest absolute Gasteiger partial charge is 0.343 e. The zero-order chi connectivity index (χ0) is 24.3. The van der Waals surface area contributed by atoms with Crippen LogP contribution in [0.1, 0.15) is 74.0 Å². The van der Waals surface area contributed by atoms with Crippen molar-refractivity contribution in [1.82, 2.24) is 0 Å². The van der Waals surface area contributed by atoms with Crippen molar-refractivity contribution in [2.45, 2.75) is 63.0 Å². The van der Waals surface area contributed by atoms with E-state index >= 15 is 4.39 Å². The third-order valence-corrected chi connectivity index (χ3v) is 7.51. The monoisotopic (exact) mass is 468 g/mol. The normalized spacial score (nSPS) is 23.3. The molecule has 1 unspecified atom stereocenters. The van der Waals surface area contributed by atoms with Crippen LogP contribution >= 0.6 is 0 Å². The van der Waals surface area contributed by atoms with Gasteiger partial charge in [0.15, 0.2) is 0 Å². The summed E-state index contributed by atoms with van der Waals surface area (Å²) >= 11 is 0. The van der Waals surface area contributed by atoms with Crippen molar-refractivity contribution in [3.8, 4) is 5.75 Å². The number of alkyl halides is 1. The van der Waals surface area contributed by atoms with Crippen LogP contribution in [0.3, 0.4) is 0 Å². The Morgan fingerprint density at radius 2 is 1.79 bits per heavy atom. The van der Waals surface area contributed by atoms with Crippen molar-refractivity contribution < 1.29 is 23.0 Å². The zero-order valence-electron chi connectivity index (χ0n) is 20.2. The molecule has 2 aromatic carbocycles. The topological polar surface area (TPSA) is 35.5 Å². The maximum atomic E-state index is 15.5. The van der Waals surface area contributed by atoms with Crippen molar-refractivity contribution in [1.29, 1.82) is 0 Å². The Morgan fingerprint density at radius 1 is 1.06 bits per heavy atom. The van der Waals surface area contributed by atoms with Crippen LogP contribution in [0.2, 0.25) is 0 Å². The molecule has 0 amide bonds. The van der Waals surface area contributed by atoms with Crippen LogP contribution in [0, 0.1) is 17.7 Å². The van der Waals surface area contributed by atoms with Gasteiger partial charge in [0.2, 0.25) is 5.67 Å². The molecule has 0 heterocycles. The van der Waals surface area contributed by atoms with Crippen molar-refractivity contribution >= 4 is 12.0 Å². The quantitative estimate of drug-likeness (QED) is 0.384. The third-order valence-electron chi connectivity index (χ3n) is 7.51. The zero-order valence-corrected chi connectivity index (χ0v) is 20.2. The first-order valence-electron chi connectivity index (χ1n) is 12.2. The number of benzene rings is 2. The fourth-order valence-electron chi connectivity index (χ4n) is 5.47. The van der Waals surface area contributed by atoms with Gasteiger partial charge in [-0.1, -0.05) is 36.4 Å². The molecule has 2 aliphatic carbocycles. The van der Waals surface area contributed by atoms with Crippen LogP contribution < -0.4 is 4.74 Å². The molecule has 2 fully saturated rings. The molecular formula is C29H34F2O3. The Hall–Kier alpha value is -2.69. The molecule has 2 aliphatic rings. The van der Waals surface area contributed by atoms with Crippen molar-refractivity contribution in [2.75, 3.05) is 14.2 Å². The lowest BCUT2D eigenvalue weighted by Gasteiger charge is -2.29. The number of ether oxygens (including phenoxy) is 2. The lowest BCUT2D eigenvalue weighted by Crippen LogP contribution is -2.39. The molecular weight excluding hydrogens is 434 g/mol. The van der Waals surface area contributed by atoms with Crippen LogP contribution in [0.5, 0.6) is 5.75 Å². The summed E-state index contributed by atoms with van der Waals surface area (Å²) in [5.74, 6) is 0.0296. The highest BCUT2D eigenvalue weighted by atomic mass is 19.1. The standard InChI is InChI=1S/C29H34F2O3/c1-29(31,28(32)34-3)27(22-13-14-22)23-6-4-5-20(17-23)8-7-19-9-11-21(12-10-19)25-18-24(33-2)15-16-26(25)30/h4-8,15-19,21-22,27H,9-14H2,1-3H3/b8-7+/t19?,21?,27-,29?/m0/s1. The molecule has 0 bridgehead atoms. The van der Waals surface area contributed by atoms with E-state index < -0.39 is 17.6 Å². The molecule has 0 aliphatic heterocycles. The number of hydrogen-bond donors (Lipinski definition) is 0. The first kappa shape index (κ1) is 24.4. The highest BCUT2D eigenvalue weighted by Crippen LogP contribution is 2.50. The Kier molecular flexibility index (Phi) is 7.39. The van der Waals surface area contributed by atoms with E-state index in [1.165, 1.54) is 20.1 Å². The van der Waals surface area contributed by atoms with E-state index in [0.717, 1.165) is 55.2 Å². The minimum atomic E-state index is -2.05. The molecule has 3 nitrogen and oxygen atoms in total. The van der Waals surface area contributed by atoms with Gasteiger partial charge >= 0.3 is 5.97 Å². The molecule has 2 atom stereocenters. The lowest BCUT2D eigenvalue weighted by molar-refractivity contribution is -0.155. The molecule has 0 saturated heterocycles. The fraction of sp³-hybridized carbons (Fsp3) is 0.483. The fourth-order valence-corrected chi connectivity index (χ4v) is 5.47. The van der Waals surface area contributed by atoms with Crippen LogP contribution in [-0.4, -0.2) is 25.9 Å². The number of rotatable bonds is 8. The van der Waals surface area contributed by atoms with E-state index in [1.807, 2.05) is 30.3 Å². The summed E-state index contributed by atoms with van der Waals surface area (Å²) in [4.78, 5) is 12.1. The molecule has 0 spiro atoms. The second-order valence-electron chi connectivity index (χ2n) is 9.91.